The number of carbonyl (C=O) groups is 1. The molecule has 1 atom stereocenters. The van der Waals surface area contributed by atoms with E-state index in [1.54, 1.807) is 6.07 Å². The number of thiophene rings is 1. The molecule has 8 heteroatoms. The van der Waals surface area contributed by atoms with Gasteiger partial charge in [-0.1, -0.05) is 0 Å². The zero-order chi connectivity index (χ0) is 14.8. The molecule has 1 aromatic heterocycles. The Hall–Kier alpha value is -0.440. The van der Waals surface area contributed by atoms with E-state index in [0.717, 1.165) is 15.1 Å². The Bertz CT molecular complexity index is 561. The van der Waals surface area contributed by atoms with Gasteiger partial charge in [0.2, 0.25) is 5.91 Å². The van der Waals surface area contributed by atoms with Crippen LogP contribution in [0, 0.1) is 0 Å². The number of sulfonamides is 1. The van der Waals surface area contributed by atoms with Crippen LogP contribution in [0.1, 0.15) is 27.7 Å². The van der Waals surface area contributed by atoms with Crippen LogP contribution in [0.4, 0.5) is 0 Å². The Morgan fingerprint density at radius 3 is 2.37 bits per heavy atom. The summed E-state index contributed by atoms with van der Waals surface area (Å²) in [4.78, 5) is 11.8. The minimum atomic E-state index is -3.66. The van der Waals surface area contributed by atoms with Gasteiger partial charge in [0.15, 0.2) is 0 Å². The molecule has 1 amide bonds. The normalized spacial score (nSPS) is 14.2. The maximum absolute atomic E-state index is 12.0. The standard InChI is InChI=1S/C11H17BrN2O3S2/c1-7(10(15)13-11(2,3)4)14-19(16,17)9-6-5-8(12)18-9/h5-7,14H,1-4H3,(H,13,15). The van der Waals surface area contributed by atoms with Gasteiger partial charge in [-0.25, -0.2) is 8.42 Å². The van der Waals surface area contributed by atoms with Gasteiger partial charge < -0.3 is 5.32 Å². The third kappa shape index (κ3) is 5.21. The highest BCUT2D eigenvalue weighted by atomic mass is 79.9. The fraction of sp³-hybridized carbons (Fsp3) is 0.545. The summed E-state index contributed by atoms with van der Waals surface area (Å²) in [6.45, 7) is 7.02. The van der Waals surface area contributed by atoms with Crippen molar-refractivity contribution < 1.29 is 13.2 Å². The summed E-state index contributed by atoms with van der Waals surface area (Å²) in [5, 5.41) is 2.73. The Balaban J connectivity index is 2.76. The van der Waals surface area contributed by atoms with Gasteiger partial charge in [-0.15, -0.1) is 11.3 Å². The first kappa shape index (κ1) is 16.6. The first-order chi connectivity index (χ1) is 8.51. The molecule has 0 aliphatic carbocycles. The Kier molecular flexibility index (Phi) is 5.16. The molecule has 1 unspecified atom stereocenters. The molecule has 19 heavy (non-hydrogen) atoms. The third-order valence-corrected chi connectivity index (χ3v) is 5.69. The van der Waals surface area contributed by atoms with Crippen molar-refractivity contribution in [1.82, 2.24) is 10.0 Å². The number of carbonyl (C=O) groups excluding carboxylic acids is 1. The van der Waals surface area contributed by atoms with Gasteiger partial charge in [-0.05, 0) is 55.8 Å². The van der Waals surface area contributed by atoms with Crippen molar-refractivity contribution in [2.24, 2.45) is 0 Å². The maximum atomic E-state index is 12.0. The van der Waals surface area contributed by atoms with Crippen molar-refractivity contribution >= 4 is 43.2 Å². The Morgan fingerprint density at radius 1 is 1.37 bits per heavy atom. The predicted molar refractivity (Wildman–Crippen MR) is 79.7 cm³/mol. The molecule has 1 rings (SSSR count). The third-order valence-electron chi connectivity index (χ3n) is 2.04. The second kappa shape index (κ2) is 5.90. The monoisotopic (exact) mass is 368 g/mol. The predicted octanol–water partition coefficient (Wildman–Crippen LogP) is 2.09. The summed E-state index contributed by atoms with van der Waals surface area (Å²) in [7, 11) is -3.66. The molecular weight excluding hydrogens is 352 g/mol. The molecule has 0 saturated heterocycles. The van der Waals surface area contributed by atoms with Crippen LogP contribution in [-0.2, 0) is 14.8 Å². The topological polar surface area (TPSA) is 75.3 Å². The Labute approximate surface area is 126 Å². The lowest BCUT2D eigenvalue weighted by Gasteiger charge is -2.23. The average molecular weight is 369 g/mol. The van der Waals surface area contributed by atoms with Gasteiger partial charge >= 0.3 is 0 Å². The molecule has 1 aromatic rings. The van der Waals surface area contributed by atoms with Crippen LogP contribution < -0.4 is 10.0 Å². The SMILES string of the molecule is CC(NS(=O)(=O)c1ccc(Br)s1)C(=O)NC(C)(C)C. The first-order valence-electron chi connectivity index (χ1n) is 5.61. The highest BCUT2D eigenvalue weighted by Crippen LogP contribution is 2.25. The number of halogens is 1. The van der Waals surface area contributed by atoms with Crippen LogP contribution in [0.2, 0.25) is 0 Å². The molecule has 2 N–H and O–H groups in total. The zero-order valence-corrected chi connectivity index (χ0v) is 14.4. The largest absolute Gasteiger partial charge is 0.350 e. The molecule has 0 fully saturated rings. The summed E-state index contributed by atoms with van der Waals surface area (Å²) in [5.74, 6) is -0.355. The first-order valence-corrected chi connectivity index (χ1v) is 8.70. The average Bonchev–Trinajstić information content (AvgIpc) is 2.62. The van der Waals surface area contributed by atoms with Crippen LogP contribution in [-0.4, -0.2) is 25.9 Å². The molecule has 0 aliphatic rings. The molecule has 0 aliphatic heterocycles. The van der Waals surface area contributed by atoms with Crippen LogP contribution in [0.5, 0.6) is 0 Å². The van der Waals surface area contributed by atoms with E-state index < -0.39 is 21.6 Å². The molecule has 0 saturated carbocycles. The second-order valence-corrected chi connectivity index (χ2v) is 9.54. The van der Waals surface area contributed by atoms with Crippen molar-refractivity contribution in [1.29, 1.82) is 0 Å². The van der Waals surface area contributed by atoms with Gasteiger partial charge in [0, 0.05) is 5.54 Å². The number of hydrogen-bond acceptors (Lipinski definition) is 4. The van der Waals surface area contributed by atoms with Crippen molar-refractivity contribution in [3.05, 3.63) is 15.9 Å². The molecule has 0 spiro atoms. The summed E-state index contributed by atoms with van der Waals surface area (Å²) in [6.07, 6.45) is 0. The fourth-order valence-corrected chi connectivity index (χ4v) is 4.49. The highest BCUT2D eigenvalue weighted by Gasteiger charge is 2.25. The van der Waals surface area contributed by atoms with Gasteiger partial charge in [-0.2, -0.15) is 4.72 Å². The smallest absolute Gasteiger partial charge is 0.250 e. The van der Waals surface area contributed by atoms with E-state index in [1.807, 2.05) is 20.8 Å². The summed E-state index contributed by atoms with van der Waals surface area (Å²) in [6, 6.07) is 2.31. The zero-order valence-electron chi connectivity index (χ0n) is 11.2. The summed E-state index contributed by atoms with van der Waals surface area (Å²) >= 11 is 4.30. The molecule has 0 aromatic carbocycles. The highest BCUT2D eigenvalue weighted by molar-refractivity contribution is 9.11. The summed E-state index contributed by atoms with van der Waals surface area (Å²) in [5.41, 5.74) is -0.400. The van der Waals surface area contributed by atoms with E-state index >= 15 is 0 Å². The summed E-state index contributed by atoms with van der Waals surface area (Å²) < 4.78 is 27.3. The van der Waals surface area contributed by atoms with E-state index in [0.29, 0.717) is 0 Å². The molecular formula is C11H17BrN2O3S2. The van der Waals surface area contributed by atoms with Gasteiger partial charge in [0.1, 0.15) is 4.21 Å². The van der Waals surface area contributed by atoms with Gasteiger partial charge in [0.05, 0.1) is 9.83 Å². The Morgan fingerprint density at radius 2 is 1.95 bits per heavy atom. The maximum Gasteiger partial charge on any atom is 0.250 e. The number of rotatable bonds is 4. The number of amides is 1. The van der Waals surface area contributed by atoms with Crippen LogP contribution in [0.15, 0.2) is 20.1 Å². The molecule has 0 bridgehead atoms. The molecule has 1 heterocycles. The molecule has 108 valence electrons. The minimum absolute atomic E-state index is 0.176. The van der Waals surface area contributed by atoms with Crippen LogP contribution in [0.3, 0.4) is 0 Å². The van der Waals surface area contributed by atoms with E-state index in [9.17, 15) is 13.2 Å². The van der Waals surface area contributed by atoms with Gasteiger partial charge in [0.25, 0.3) is 10.0 Å². The quantitative estimate of drug-likeness (QED) is 0.854. The van der Waals surface area contributed by atoms with E-state index in [1.165, 1.54) is 13.0 Å². The lowest BCUT2D eigenvalue weighted by atomic mass is 10.1. The van der Waals surface area contributed by atoms with E-state index in [4.69, 9.17) is 0 Å². The fourth-order valence-electron chi connectivity index (χ4n) is 1.26. The van der Waals surface area contributed by atoms with Crippen molar-refractivity contribution in [2.45, 2.75) is 43.5 Å². The molecule has 0 radical (unpaired) electrons. The van der Waals surface area contributed by atoms with E-state index in [-0.39, 0.29) is 10.1 Å². The van der Waals surface area contributed by atoms with Crippen molar-refractivity contribution in [2.75, 3.05) is 0 Å². The van der Waals surface area contributed by atoms with Crippen LogP contribution >= 0.6 is 27.3 Å². The lowest BCUT2D eigenvalue weighted by molar-refractivity contribution is -0.123. The van der Waals surface area contributed by atoms with Crippen molar-refractivity contribution in [3.63, 3.8) is 0 Å². The van der Waals surface area contributed by atoms with Gasteiger partial charge in [-0.3, -0.25) is 4.79 Å². The van der Waals surface area contributed by atoms with E-state index in [2.05, 4.69) is 26.0 Å². The van der Waals surface area contributed by atoms with Crippen molar-refractivity contribution in [3.8, 4) is 0 Å². The number of hydrogen-bond donors (Lipinski definition) is 2. The lowest BCUT2D eigenvalue weighted by Crippen LogP contribution is -2.50. The van der Waals surface area contributed by atoms with Crippen LogP contribution in [0.25, 0.3) is 0 Å². The second-order valence-electron chi connectivity index (χ2n) is 5.14. The number of nitrogens with one attached hydrogen (secondary N) is 2. The minimum Gasteiger partial charge on any atom is -0.350 e. The molecule has 5 nitrogen and oxygen atoms in total.